The van der Waals surface area contributed by atoms with Crippen LogP contribution < -0.4 is 10.6 Å². The Kier molecular flexibility index (Phi) is 6.99. The topological polar surface area (TPSA) is 102 Å². The molecule has 0 fully saturated rings. The van der Waals surface area contributed by atoms with E-state index in [1.54, 1.807) is 6.07 Å². The molecule has 0 saturated carbocycles. The smallest absolute Gasteiger partial charge is 0.326 e. The fourth-order valence-corrected chi connectivity index (χ4v) is 2.20. The van der Waals surface area contributed by atoms with Gasteiger partial charge in [-0.25, -0.2) is 4.79 Å². The number of hydrogen-bond donors (Lipinski definition) is 3. The van der Waals surface area contributed by atoms with Gasteiger partial charge in [-0.05, 0) is 37.8 Å². The molecule has 0 aliphatic carbocycles. The van der Waals surface area contributed by atoms with Crippen molar-refractivity contribution in [3.05, 3.63) is 41.1 Å². The van der Waals surface area contributed by atoms with Crippen LogP contribution in [0.1, 0.15) is 31.4 Å². The van der Waals surface area contributed by atoms with Crippen LogP contribution in [0.25, 0.3) is 0 Å². The van der Waals surface area contributed by atoms with Crippen LogP contribution in [-0.4, -0.2) is 23.0 Å². The van der Waals surface area contributed by atoms with Crippen LogP contribution in [0.15, 0.2) is 30.0 Å². The van der Waals surface area contributed by atoms with E-state index in [9.17, 15) is 9.59 Å². The van der Waals surface area contributed by atoms with Gasteiger partial charge in [-0.15, -0.1) is 0 Å². The van der Waals surface area contributed by atoms with Gasteiger partial charge in [0, 0.05) is 11.9 Å². The molecule has 3 N–H and O–H groups in total. The Morgan fingerprint density at radius 3 is 2.50 bits per heavy atom. The largest absolute Gasteiger partial charge is 0.480 e. The van der Waals surface area contributed by atoms with Crippen LogP contribution in [0.2, 0.25) is 0 Å². The van der Waals surface area contributed by atoms with Gasteiger partial charge in [-0.1, -0.05) is 31.5 Å². The lowest BCUT2D eigenvalue weighted by molar-refractivity contribution is -0.141. The van der Waals surface area contributed by atoms with Crippen LogP contribution in [0.4, 0.5) is 5.69 Å². The maximum atomic E-state index is 12.1. The number of anilines is 1. The van der Waals surface area contributed by atoms with Crippen molar-refractivity contribution in [3.63, 3.8) is 0 Å². The lowest BCUT2D eigenvalue weighted by Crippen LogP contribution is -2.42. The van der Waals surface area contributed by atoms with Crippen molar-refractivity contribution >= 4 is 17.6 Å². The first-order chi connectivity index (χ1) is 11.2. The predicted molar refractivity (Wildman–Crippen MR) is 92.3 cm³/mol. The maximum Gasteiger partial charge on any atom is 0.326 e. The second kappa shape index (κ2) is 8.73. The van der Waals surface area contributed by atoms with Gasteiger partial charge in [0.05, 0.1) is 0 Å². The molecular formula is C18H23N3O3. The minimum Gasteiger partial charge on any atom is -0.480 e. The quantitative estimate of drug-likeness (QED) is 0.527. The maximum absolute atomic E-state index is 12.1. The fourth-order valence-electron chi connectivity index (χ4n) is 2.20. The number of nitrogens with one attached hydrogen (secondary N) is 2. The van der Waals surface area contributed by atoms with E-state index in [1.165, 1.54) is 6.20 Å². The van der Waals surface area contributed by atoms with Crippen molar-refractivity contribution in [1.29, 1.82) is 5.26 Å². The summed E-state index contributed by atoms with van der Waals surface area (Å²) < 4.78 is 0. The Balaban J connectivity index is 2.85. The lowest BCUT2D eigenvalue weighted by atomic mass is 10.0. The third-order valence-corrected chi connectivity index (χ3v) is 3.43. The average Bonchev–Trinajstić information content (AvgIpc) is 2.48. The molecule has 24 heavy (non-hydrogen) atoms. The molecule has 1 aromatic rings. The number of carbonyl (C=O) groups excluding carboxylic acids is 1. The van der Waals surface area contributed by atoms with E-state index in [4.69, 9.17) is 10.4 Å². The highest BCUT2D eigenvalue weighted by molar-refractivity contribution is 5.99. The minimum atomic E-state index is -1.11. The monoisotopic (exact) mass is 329 g/mol. The van der Waals surface area contributed by atoms with E-state index < -0.39 is 17.9 Å². The van der Waals surface area contributed by atoms with E-state index in [1.807, 2.05) is 45.9 Å². The Labute approximate surface area is 142 Å². The van der Waals surface area contributed by atoms with Crippen LogP contribution in [0, 0.1) is 31.1 Å². The SMILES string of the molecule is Cc1ccc(N/C=C(/C#N)C(=O)NC(CC(C)C)C(=O)O)c(C)c1. The number of benzene rings is 1. The Hall–Kier alpha value is -2.81. The number of nitrogens with zero attached hydrogens (tertiary/aromatic N) is 1. The van der Waals surface area contributed by atoms with Gasteiger partial charge >= 0.3 is 5.97 Å². The van der Waals surface area contributed by atoms with Crippen molar-refractivity contribution in [2.24, 2.45) is 5.92 Å². The summed E-state index contributed by atoms with van der Waals surface area (Å²) in [6, 6.07) is 6.52. The Bertz CT molecular complexity index is 687. The summed E-state index contributed by atoms with van der Waals surface area (Å²) in [4.78, 5) is 23.3. The first-order valence-corrected chi connectivity index (χ1v) is 7.72. The number of rotatable bonds is 7. The van der Waals surface area contributed by atoms with E-state index in [-0.39, 0.29) is 11.5 Å². The number of hydrogen-bond acceptors (Lipinski definition) is 4. The summed E-state index contributed by atoms with van der Waals surface area (Å²) in [5.74, 6) is -1.71. The first-order valence-electron chi connectivity index (χ1n) is 7.72. The number of nitriles is 1. The van der Waals surface area contributed by atoms with Gasteiger partial charge in [0.25, 0.3) is 5.91 Å². The first kappa shape index (κ1) is 19.2. The number of carboxylic acids is 1. The van der Waals surface area contributed by atoms with Crippen molar-refractivity contribution in [3.8, 4) is 6.07 Å². The number of carboxylic acid groups (broad SMARTS) is 1. The van der Waals surface area contributed by atoms with Crippen LogP contribution in [0.5, 0.6) is 0 Å². The zero-order chi connectivity index (χ0) is 18.3. The van der Waals surface area contributed by atoms with Gasteiger partial charge in [-0.2, -0.15) is 5.26 Å². The predicted octanol–water partition coefficient (Wildman–Crippen LogP) is 2.74. The molecule has 6 nitrogen and oxygen atoms in total. The van der Waals surface area contributed by atoms with Crippen LogP contribution >= 0.6 is 0 Å². The molecule has 0 bridgehead atoms. The number of amides is 1. The van der Waals surface area contributed by atoms with E-state index in [2.05, 4.69) is 10.6 Å². The summed E-state index contributed by atoms with van der Waals surface area (Å²) in [5, 5.41) is 23.6. The van der Waals surface area contributed by atoms with E-state index in [0.29, 0.717) is 6.42 Å². The van der Waals surface area contributed by atoms with E-state index >= 15 is 0 Å². The van der Waals surface area contributed by atoms with Crippen molar-refractivity contribution in [1.82, 2.24) is 5.32 Å². The van der Waals surface area contributed by atoms with Gasteiger partial charge < -0.3 is 15.7 Å². The molecule has 6 heteroatoms. The molecule has 1 amide bonds. The molecule has 0 saturated heterocycles. The summed E-state index contributed by atoms with van der Waals surface area (Å²) in [7, 11) is 0. The molecule has 1 aromatic carbocycles. The van der Waals surface area contributed by atoms with Gasteiger partial charge in [0.15, 0.2) is 0 Å². The molecule has 0 heterocycles. The lowest BCUT2D eigenvalue weighted by Gasteiger charge is -2.16. The second-order valence-corrected chi connectivity index (χ2v) is 6.13. The highest BCUT2D eigenvalue weighted by Crippen LogP contribution is 2.16. The van der Waals surface area contributed by atoms with Crippen molar-refractivity contribution in [2.45, 2.75) is 40.2 Å². The highest BCUT2D eigenvalue weighted by atomic mass is 16.4. The summed E-state index contributed by atoms with van der Waals surface area (Å²) in [6.45, 7) is 7.62. The zero-order valence-electron chi connectivity index (χ0n) is 14.4. The molecule has 0 spiro atoms. The molecule has 0 aliphatic heterocycles. The molecule has 0 aromatic heterocycles. The van der Waals surface area contributed by atoms with Crippen molar-refractivity contribution < 1.29 is 14.7 Å². The second-order valence-electron chi connectivity index (χ2n) is 6.13. The fraction of sp³-hybridized carbons (Fsp3) is 0.389. The summed E-state index contributed by atoms with van der Waals surface area (Å²) >= 11 is 0. The van der Waals surface area contributed by atoms with E-state index in [0.717, 1.165) is 16.8 Å². The summed E-state index contributed by atoms with van der Waals surface area (Å²) in [5.41, 5.74) is 2.69. The van der Waals surface area contributed by atoms with Gasteiger partial charge in [0.2, 0.25) is 0 Å². The number of aliphatic carboxylic acids is 1. The zero-order valence-corrected chi connectivity index (χ0v) is 14.4. The standard InChI is InChI=1S/C18H23N3O3/c1-11(2)7-16(18(23)24)21-17(22)14(9-19)10-20-15-6-5-12(3)8-13(15)4/h5-6,8,10-11,16,20H,7H2,1-4H3,(H,21,22)(H,23,24)/b14-10-. The van der Waals surface area contributed by atoms with Gasteiger partial charge in [-0.3, -0.25) is 4.79 Å². The molecule has 0 aliphatic rings. The Morgan fingerprint density at radius 2 is 2.00 bits per heavy atom. The minimum absolute atomic E-state index is 0.106. The third kappa shape index (κ3) is 5.76. The van der Waals surface area contributed by atoms with Gasteiger partial charge in [0.1, 0.15) is 17.7 Å². The normalized spacial score (nSPS) is 12.4. The molecule has 1 unspecified atom stereocenters. The molecule has 0 radical (unpaired) electrons. The van der Waals surface area contributed by atoms with Crippen molar-refractivity contribution in [2.75, 3.05) is 5.32 Å². The number of aryl methyl sites for hydroxylation is 2. The molecule has 128 valence electrons. The highest BCUT2D eigenvalue weighted by Gasteiger charge is 2.22. The Morgan fingerprint density at radius 1 is 1.33 bits per heavy atom. The molecular weight excluding hydrogens is 306 g/mol. The van der Waals surface area contributed by atoms with Crippen LogP contribution in [-0.2, 0) is 9.59 Å². The summed E-state index contributed by atoms with van der Waals surface area (Å²) in [6.07, 6.45) is 1.59. The molecule has 1 rings (SSSR count). The third-order valence-electron chi connectivity index (χ3n) is 3.43. The number of carbonyl (C=O) groups is 2. The van der Waals surface area contributed by atoms with Crippen LogP contribution in [0.3, 0.4) is 0 Å². The average molecular weight is 329 g/mol. The molecule has 1 atom stereocenters.